The summed E-state index contributed by atoms with van der Waals surface area (Å²) < 4.78 is 51.0. The molecule has 96 valence electrons. The van der Waals surface area contributed by atoms with Gasteiger partial charge in [-0.05, 0) is 23.8 Å². The normalized spacial score (nSPS) is 19.5. The highest BCUT2D eigenvalue weighted by Crippen LogP contribution is 2.38. The summed E-state index contributed by atoms with van der Waals surface area (Å²) in [6.45, 7) is 0. The Balaban J connectivity index is 2.40. The quantitative estimate of drug-likeness (QED) is 0.799. The third-order valence-corrected chi connectivity index (χ3v) is 2.82. The second-order valence-corrected chi connectivity index (χ2v) is 4.00. The zero-order valence-corrected chi connectivity index (χ0v) is 9.55. The number of hydrogen-bond donors (Lipinski definition) is 1. The van der Waals surface area contributed by atoms with Gasteiger partial charge in [-0.15, -0.1) is 0 Å². The Morgan fingerprint density at radius 1 is 1.22 bits per heavy atom. The Morgan fingerprint density at radius 3 is 2.50 bits per heavy atom. The summed E-state index contributed by atoms with van der Waals surface area (Å²) in [5.74, 6) is -1.04. The molecule has 1 aliphatic carbocycles. The molecule has 0 heterocycles. The summed E-state index contributed by atoms with van der Waals surface area (Å²) in [7, 11) is 1.55. The van der Waals surface area contributed by atoms with Crippen LogP contribution in [0.15, 0.2) is 47.7 Å². The van der Waals surface area contributed by atoms with Gasteiger partial charge in [0.15, 0.2) is 0 Å². The van der Waals surface area contributed by atoms with Gasteiger partial charge in [0, 0.05) is 18.7 Å². The van der Waals surface area contributed by atoms with Gasteiger partial charge < -0.3 is 5.32 Å². The van der Waals surface area contributed by atoms with Crippen LogP contribution in [-0.4, -0.2) is 13.2 Å². The van der Waals surface area contributed by atoms with E-state index in [2.05, 4.69) is 5.32 Å². The number of nitrogens with one attached hydrogen (secondary N) is 1. The molecule has 5 heteroatoms. The highest BCUT2D eigenvalue weighted by atomic mass is 19.4. The van der Waals surface area contributed by atoms with E-state index in [1.54, 1.807) is 13.1 Å². The van der Waals surface area contributed by atoms with Crippen molar-refractivity contribution in [1.29, 1.82) is 0 Å². The topological polar surface area (TPSA) is 12.0 Å². The first-order valence-corrected chi connectivity index (χ1v) is 5.35. The molecule has 0 saturated heterocycles. The average molecular weight is 257 g/mol. The highest BCUT2D eigenvalue weighted by molar-refractivity contribution is 5.46. The van der Waals surface area contributed by atoms with Gasteiger partial charge in [-0.3, -0.25) is 0 Å². The van der Waals surface area contributed by atoms with Gasteiger partial charge in [0.1, 0.15) is 5.82 Å². The molecule has 0 aromatic heterocycles. The van der Waals surface area contributed by atoms with Crippen molar-refractivity contribution in [2.75, 3.05) is 7.05 Å². The summed E-state index contributed by atoms with van der Waals surface area (Å²) >= 11 is 0. The first-order valence-electron chi connectivity index (χ1n) is 5.35. The molecule has 1 nitrogen and oxygen atoms in total. The number of rotatable bonds is 2. The molecule has 0 spiro atoms. The van der Waals surface area contributed by atoms with Crippen LogP contribution in [0.4, 0.5) is 17.6 Å². The zero-order valence-electron chi connectivity index (χ0n) is 9.55. The number of hydrogen-bond acceptors (Lipinski definition) is 1. The fourth-order valence-corrected chi connectivity index (χ4v) is 1.95. The van der Waals surface area contributed by atoms with E-state index in [4.69, 9.17) is 0 Å². The monoisotopic (exact) mass is 257 g/mol. The Hall–Kier alpha value is -1.78. The fraction of sp³-hybridized carbons (Fsp3) is 0.231. The van der Waals surface area contributed by atoms with Crippen LogP contribution >= 0.6 is 0 Å². The van der Waals surface area contributed by atoms with Crippen LogP contribution in [0.1, 0.15) is 11.5 Å². The lowest BCUT2D eigenvalue weighted by atomic mass is 9.98. The summed E-state index contributed by atoms with van der Waals surface area (Å²) in [6, 6.07) is 5.59. The molecular formula is C13H11F4N. The summed E-state index contributed by atoms with van der Waals surface area (Å²) in [5, 5.41) is 2.72. The van der Waals surface area contributed by atoms with Gasteiger partial charge >= 0.3 is 6.18 Å². The predicted octanol–water partition coefficient (Wildman–Crippen LogP) is 3.51. The minimum absolute atomic E-state index is 0.410. The molecule has 0 saturated carbocycles. The molecule has 0 fully saturated rings. The van der Waals surface area contributed by atoms with E-state index in [1.165, 1.54) is 18.2 Å². The van der Waals surface area contributed by atoms with Crippen molar-refractivity contribution < 1.29 is 17.6 Å². The van der Waals surface area contributed by atoms with Gasteiger partial charge in [0.25, 0.3) is 0 Å². The van der Waals surface area contributed by atoms with Crippen LogP contribution in [0.2, 0.25) is 0 Å². The maximum absolute atomic E-state index is 13.1. The number of halogens is 4. The molecule has 1 atom stereocenters. The molecule has 1 N–H and O–H groups in total. The molecule has 0 radical (unpaired) electrons. The van der Waals surface area contributed by atoms with Crippen molar-refractivity contribution in [3.05, 3.63) is 59.1 Å². The lowest BCUT2D eigenvalue weighted by Crippen LogP contribution is -2.11. The molecule has 1 aromatic carbocycles. The van der Waals surface area contributed by atoms with Gasteiger partial charge in [-0.25, -0.2) is 4.39 Å². The van der Waals surface area contributed by atoms with Crippen LogP contribution in [0, 0.1) is 5.82 Å². The predicted molar refractivity (Wildman–Crippen MR) is 60.4 cm³/mol. The maximum Gasteiger partial charge on any atom is 0.416 e. The first kappa shape index (κ1) is 12.7. The Kier molecular flexibility index (Phi) is 3.15. The molecule has 1 aliphatic rings. The molecule has 0 amide bonds. The number of benzene rings is 1. The van der Waals surface area contributed by atoms with Crippen molar-refractivity contribution in [3.63, 3.8) is 0 Å². The molecule has 2 rings (SSSR count). The van der Waals surface area contributed by atoms with E-state index >= 15 is 0 Å². The fourth-order valence-electron chi connectivity index (χ4n) is 1.95. The van der Waals surface area contributed by atoms with Gasteiger partial charge in [-0.2, -0.15) is 13.2 Å². The average Bonchev–Trinajstić information content (AvgIpc) is 2.72. The van der Waals surface area contributed by atoms with Crippen LogP contribution in [-0.2, 0) is 0 Å². The van der Waals surface area contributed by atoms with Crippen molar-refractivity contribution in [1.82, 2.24) is 5.32 Å². The third kappa shape index (κ3) is 2.39. The molecule has 18 heavy (non-hydrogen) atoms. The van der Waals surface area contributed by atoms with E-state index in [0.717, 1.165) is 12.2 Å². The van der Waals surface area contributed by atoms with Gasteiger partial charge in [0.05, 0.1) is 5.57 Å². The maximum atomic E-state index is 13.1. The molecule has 1 aromatic rings. The van der Waals surface area contributed by atoms with Crippen LogP contribution in [0.25, 0.3) is 0 Å². The first-order chi connectivity index (χ1) is 8.41. The minimum atomic E-state index is -4.38. The van der Waals surface area contributed by atoms with Crippen molar-refractivity contribution >= 4 is 0 Å². The lowest BCUT2D eigenvalue weighted by Gasteiger charge is -2.13. The number of likely N-dealkylation sites (N-methyl/N-ethyl adjacent to an activating group) is 1. The molecule has 1 unspecified atom stereocenters. The Labute approximate surface area is 102 Å². The zero-order chi connectivity index (χ0) is 13.3. The minimum Gasteiger partial charge on any atom is -0.391 e. The van der Waals surface area contributed by atoms with Gasteiger partial charge in [0.2, 0.25) is 0 Å². The molecule has 0 aliphatic heterocycles. The standard InChI is InChI=1S/C13H11F4N/c1-18-12-7-9(13(15,16)17)6-11(12)8-3-2-4-10(14)5-8/h2-7,11,18H,1H3. The molecular weight excluding hydrogens is 246 g/mol. The largest absolute Gasteiger partial charge is 0.416 e. The van der Waals surface area contributed by atoms with E-state index in [0.29, 0.717) is 11.3 Å². The van der Waals surface area contributed by atoms with Crippen LogP contribution in [0.3, 0.4) is 0 Å². The second-order valence-electron chi connectivity index (χ2n) is 4.00. The smallest absolute Gasteiger partial charge is 0.391 e. The van der Waals surface area contributed by atoms with Crippen molar-refractivity contribution in [2.45, 2.75) is 12.1 Å². The SMILES string of the molecule is CNC1=CC(C(F)(F)F)=CC1c1cccc(F)c1. The Bertz CT molecular complexity index is 514. The van der Waals surface area contributed by atoms with E-state index in [9.17, 15) is 17.6 Å². The van der Waals surface area contributed by atoms with E-state index in [-0.39, 0.29) is 0 Å². The summed E-state index contributed by atoms with van der Waals surface area (Å²) in [6.07, 6.45) is -2.24. The number of alkyl halides is 3. The van der Waals surface area contributed by atoms with Crippen molar-refractivity contribution in [2.24, 2.45) is 0 Å². The number of allylic oxidation sites excluding steroid dienone is 3. The lowest BCUT2D eigenvalue weighted by molar-refractivity contribution is -0.0881. The van der Waals surface area contributed by atoms with E-state index in [1.807, 2.05) is 0 Å². The third-order valence-electron chi connectivity index (χ3n) is 2.82. The van der Waals surface area contributed by atoms with E-state index < -0.39 is 23.5 Å². The highest BCUT2D eigenvalue weighted by Gasteiger charge is 2.37. The van der Waals surface area contributed by atoms with Crippen LogP contribution in [0.5, 0.6) is 0 Å². The molecule has 0 bridgehead atoms. The Morgan fingerprint density at radius 2 is 1.94 bits per heavy atom. The van der Waals surface area contributed by atoms with Gasteiger partial charge in [-0.1, -0.05) is 18.2 Å². The summed E-state index contributed by atoms with van der Waals surface area (Å²) in [4.78, 5) is 0. The van der Waals surface area contributed by atoms with Crippen molar-refractivity contribution in [3.8, 4) is 0 Å². The summed E-state index contributed by atoms with van der Waals surface area (Å²) in [5.41, 5.74) is 0.198. The second kappa shape index (κ2) is 4.48. The van der Waals surface area contributed by atoms with Crippen LogP contribution < -0.4 is 5.32 Å².